The van der Waals surface area contributed by atoms with Gasteiger partial charge in [0.1, 0.15) is 47.5 Å². The molecule has 0 saturated carbocycles. The van der Waals surface area contributed by atoms with Gasteiger partial charge in [-0.2, -0.15) is 9.97 Å². The molecule has 6 aliphatic heterocycles. The number of ether oxygens (including phenoxy) is 4. The first-order valence-electron chi connectivity index (χ1n) is 21.0. The van der Waals surface area contributed by atoms with Gasteiger partial charge in [0.05, 0.1) is 42.8 Å². The summed E-state index contributed by atoms with van der Waals surface area (Å²) in [5, 5.41) is 3.57. The maximum absolute atomic E-state index is 17.6. The van der Waals surface area contributed by atoms with Crippen LogP contribution in [-0.4, -0.2) is 150 Å². The summed E-state index contributed by atoms with van der Waals surface area (Å²) in [5.74, 6) is -1.77. The third-order valence-corrected chi connectivity index (χ3v) is 12.7. The van der Waals surface area contributed by atoms with Crippen LogP contribution in [0.4, 0.5) is 33.0 Å². The molecule has 0 aliphatic carbocycles. The highest BCUT2D eigenvalue weighted by molar-refractivity contribution is 6.02. The highest BCUT2D eigenvalue weighted by Gasteiger charge is 2.49. The van der Waals surface area contributed by atoms with Crippen LogP contribution in [0.3, 0.4) is 0 Å². The smallest absolute Gasteiger partial charge is 0.415 e. The number of nitrogens with one attached hydrogen (secondary N) is 1. The first kappa shape index (κ1) is 41.8. The summed E-state index contributed by atoms with van der Waals surface area (Å²) in [7, 11) is 3.17. The van der Waals surface area contributed by atoms with Crippen LogP contribution in [0.15, 0.2) is 30.5 Å². The normalized spacial score (nSPS) is 26.6. The molecule has 330 valence electrons. The van der Waals surface area contributed by atoms with Crippen LogP contribution in [0.25, 0.3) is 32.9 Å². The Balaban J connectivity index is 1.18. The summed E-state index contributed by atoms with van der Waals surface area (Å²) in [4.78, 5) is 59.7. The molecule has 8 heterocycles. The largest absolute Gasteiger partial charge is 0.461 e. The van der Waals surface area contributed by atoms with Gasteiger partial charge in [0.2, 0.25) is 0 Å². The monoisotopic (exact) mass is 864 g/mol. The zero-order chi connectivity index (χ0) is 43.5. The number of carbonyl (C=O) groups excluding carboxylic acids is 3. The number of aromatic nitrogens is 3. The maximum Gasteiger partial charge on any atom is 0.415 e. The molecule has 6 aliphatic rings. The molecule has 0 radical (unpaired) electrons. The van der Waals surface area contributed by atoms with Crippen molar-refractivity contribution in [3.63, 3.8) is 0 Å². The third kappa shape index (κ3) is 7.88. The molecule has 3 amide bonds. The van der Waals surface area contributed by atoms with Crippen molar-refractivity contribution in [1.82, 2.24) is 35.0 Å². The molecule has 1 N–H and O–H groups in total. The summed E-state index contributed by atoms with van der Waals surface area (Å²) in [6.07, 6.45) is -1.60. The molecule has 6 bridgehead atoms. The number of amides is 3. The molecule has 62 heavy (non-hydrogen) atoms. The van der Waals surface area contributed by atoms with Gasteiger partial charge >= 0.3 is 18.2 Å². The number of morpholine rings is 1. The van der Waals surface area contributed by atoms with Gasteiger partial charge in [-0.15, -0.1) is 0 Å². The fourth-order valence-corrected chi connectivity index (χ4v) is 9.85. The number of aryl methyl sites for hydroxylation is 1. The van der Waals surface area contributed by atoms with E-state index in [1.807, 2.05) is 0 Å². The molecule has 0 spiro atoms. The maximum atomic E-state index is 17.6. The summed E-state index contributed by atoms with van der Waals surface area (Å²) in [6, 6.07) is 5.42. The second kappa shape index (κ2) is 16.3. The lowest BCUT2D eigenvalue weighted by atomic mass is 9.90. The van der Waals surface area contributed by atoms with Crippen LogP contribution in [0.2, 0.25) is 0 Å². The quantitative estimate of drug-likeness (QED) is 0.258. The second-order valence-electron chi connectivity index (χ2n) is 17.5. The highest BCUT2D eigenvalue weighted by atomic mass is 19.1. The minimum Gasteiger partial charge on any atom is -0.461 e. The summed E-state index contributed by atoms with van der Waals surface area (Å²) in [5.41, 5.74) is -1.99. The van der Waals surface area contributed by atoms with Gasteiger partial charge in [0.15, 0.2) is 11.9 Å². The van der Waals surface area contributed by atoms with Crippen molar-refractivity contribution in [2.24, 2.45) is 0 Å². The number of alkyl halides is 2. The number of rotatable bonds is 5. The topological polar surface area (TPSA) is 152 Å². The number of benzene rings is 2. The van der Waals surface area contributed by atoms with Gasteiger partial charge in [-0.1, -0.05) is 6.07 Å². The van der Waals surface area contributed by atoms with Gasteiger partial charge in [-0.05, 0) is 73.7 Å². The highest BCUT2D eigenvalue weighted by Crippen LogP contribution is 2.43. The minimum atomic E-state index is -1.44. The Hall–Kier alpha value is -5.56. The molecule has 4 fully saturated rings. The first-order chi connectivity index (χ1) is 29.7. The minimum absolute atomic E-state index is 0.0127. The molecule has 15 nitrogen and oxygen atoms in total. The van der Waals surface area contributed by atoms with E-state index in [-0.39, 0.29) is 135 Å². The van der Waals surface area contributed by atoms with E-state index in [1.165, 1.54) is 40.3 Å². The van der Waals surface area contributed by atoms with Crippen molar-refractivity contribution in [1.29, 1.82) is 0 Å². The average Bonchev–Trinajstić information content (AvgIpc) is 3.76. The second-order valence-corrected chi connectivity index (χ2v) is 17.5. The SMILES string of the molecule is CN(C)C(=O)C1CN(C(=O)Oc2cc3c4c(c(F)ccc4c2)CCCOC(=O)N[C@]2(C)C[C@@H](F)CN(C2)c2nc(OC[C@@]45CCCN4C[C@H](F)C5)nc4c(F)c-3ncc24)CCO1. The molecule has 2 aromatic heterocycles. The van der Waals surface area contributed by atoms with Gasteiger partial charge in [-0.3, -0.25) is 14.7 Å². The van der Waals surface area contributed by atoms with Gasteiger partial charge in [-0.25, -0.2) is 27.2 Å². The molecule has 1 unspecified atom stereocenters. The number of carbonyl (C=O) groups is 3. The number of likely N-dealkylation sites (N-methyl/N-ethyl adjacent to an activating group) is 1. The lowest BCUT2D eigenvalue weighted by Crippen LogP contribution is -2.60. The lowest BCUT2D eigenvalue weighted by Gasteiger charge is -2.42. The zero-order valence-electron chi connectivity index (χ0n) is 34.7. The molecule has 10 rings (SSSR count). The van der Waals surface area contributed by atoms with E-state index in [0.29, 0.717) is 18.4 Å². The fraction of sp³-hybridized carbons (Fsp3) is 0.535. The molecular weight excluding hydrogens is 817 g/mol. The Morgan fingerprint density at radius 1 is 1.03 bits per heavy atom. The van der Waals surface area contributed by atoms with Crippen molar-refractivity contribution >= 4 is 45.6 Å². The molecule has 19 heteroatoms. The molecule has 2 aromatic carbocycles. The van der Waals surface area contributed by atoms with Gasteiger partial charge in [0, 0.05) is 58.3 Å². The number of fused-ring (bicyclic) bond motifs is 7. The van der Waals surface area contributed by atoms with Crippen molar-refractivity contribution in [2.45, 2.75) is 75.0 Å². The first-order valence-corrected chi connectivity index (χ1v) is 21.0. The Labute approximate surface area is 354 Å². The van der Waals surface area contributed by atoms with E-state index >= 15 is 13.2 Å². The molecule has 4 saturated heterocycles. The number of piperidine rings is 1. The van der Waals surface area contributed by atoms with Crippen LogP contribution in [0, 0.1) is 11.6 Å². The number of hydrogen-bond donors (Lipinski definition) is 1. The van der Waals surface area contributed by atoms with Gasteiger partial charge < -0.3 is 39.0 Å². The number of nitrogens with zero attached hydrogens (tertiary/aromatic N) is 7. The van der Waals surface area contributed by atoms with Crippen molar-refractivity contribution in [3.05, 3.63) is 47.7 Å². The number of halogens is 4. The van der Waals surface area contributed by atoms with Crippen LogP contribution in [-0.2, 0) is 20.7 Å². The average molecular weight is 865 g/mol. The van der Waals surface area contributed by atoms with Crippen molar-refractivity contribution < 1.29 is 50.9 Å². The summed E-state index contributed by atoms with van der Waals surface area (Å²) in [6.45, 7) is 2.66. The number of hydrogen-bond acceptors (Lipinski definition) is 12. The zero-order valence-corrected chi connectivity index (χ0v) is 34.7. The summed E-state index contributed by atoms with van der Waals surface area (Å²) < 4.78 is 87.3. The van der Waals surface area contributed by atoms with Crippen LogP contribution in [0.5, 0.6) is 11.8 Å². The third-order valence-electron chi connectivity index (χ3n) is 12.7. The predicted molar refractivity (Wildman–Crippen MR) is 218 cm³/mol. The number of anilines is 1. The van der Waals surface area contributed by atoms with E-state index in [0.717, 1.165) is 6.42 Å². The fourth-order valence-electron chi connectivity index (χ4n) is 9.85. The van der Waals surface area contributed by atoms with Crippen molar-refractivity contribution in [3.8, 4) is 23.0 Å². The molecule has 5 atom stereocenters. The Bertz CT molecular complexity index is 2450. The van der Waals surface area contributed by atoms with Crippen LogP contribution in [0.1, 0.15) is 44.6 Å². The molecular formula is C43H48F4N8O7. The van der Waals surface area contributed by atoms with E-state index in [9.17, 15) is 18.8 Å². The van der Waals surface area contributed by atoms with E-state index in [1.54, 1.807) is 25.9 Å². The van der Waals surface area contributed by atoms with E-state index in [4.69, 9.17) is 23.9 Å². The Kier molecular flexibility index (Phi) is 11.0. The standard InChI is InChI=1S/C43H48F4N8O7/c1-42-16-25(44)19-54(22-42)37-30-18-48-35(34(47)36(30)49-39(50-37)61-23-43-9-5-10-55(43)20-26(45)17-43)29-15-27(62-41(58)53-11-13-59-32(21-53)38(56)52(2)3)14-24-7-8-31(46)28(33(24)29)6-4-12-60-40(57)51-42/h7-8,14-15,18,25-26,32H,4-6,9-13,16-17,19-23H2,1-3H3,(H,51,57)/t25-,26-,32?,42-,43+/m1/s1. The number of pyridine rings is 1. The van der Waals surface area contributed by atoms with Gasteiger partial charge in [0.25, 0.3) is 5.91 Å². The number of alkyl carbamates (subject to hydrolysis) is 1. The Morgan fingerprint density at radius 2 is 1.85 bits per heavy atom. The van der Waals surface area contributed by atoms with Crippen molar-refractivity contribution in [2.75, 3.05) is 78.1 Å². The van der Waals surface area contributed by atoms with E-state index < -0.39 is 53.3 Å². The molecule has 4 aromatic rings. The van der Waals surface area contributed by atoms with E-state index in [2.05, 4.69) is 20.2 Å². The Morgan fingerprint density at radius 3 is 2.68 bits per heavy atom. The lowest BCUT2D eigenvalue weighted by molar-refractivity contribution is -0.145. The van der Waals surface area contributed by atoms with Crippen LogP contribution < -0.4 is 19.7 Å². The van der Waals surface area contributed by atoms with Crippen LogP contribution >= 0.6 is 0 Å². The summed E-state index contributed by atoms with van der Waals surface area (Å²) >= 11 is 0. The predicted octanol–water partition coefficient (Wildman–Crippen LogP) is 5.35.